The van der Waals surface area contributed by atoms with Crippen LogP contribution in [0.15, 0.2) is 54.6 Å². The van der Waals surface area contributed by atoms with E-state index in [4.69, 9.17) is 5.73 Å². The molecule has 1 heterocycles. The molecule has 2 N–H and O–H groups in total. The van der Waals surface area contributed by atoms with Gasteiger partial charge < -0.3 is 5.73 Å². The first-order chi connectivity index (χ1) is 12.2. The molecule has 6 heteroatoms. The van der Waals surface area contributed by atoms with Crippen molar-refractivity contribution in [3.63, 3.8) is 0 Å². The molecule has 26 heavy (non-hydrogen) atoms. The molecule has 2 aromatic rings. The number of amides is 2. The summed E-state index contributed by atoms with van der Waals surface area (Å²) in [7, 11) is 0. The summed E-state index contributed by atoms with van der Waals surface area (Å²) in [5.41, 5.74) is 7.99. The first-order valence-electron chi connectivity index (χ1n) is 8.62. The van der Waals surface area contributed by atoms with Gasteiger partial charge in [-0.3, -0.25) is 19.4 Å². The maximum absolute atomic E-state index is 12.4. The Bertz CT molecular complexity index is 717. The van der Waals surface area contributed by atoms with E-state index < -0.39 is 0 Å². The number of carbonyl (C=O) groups is 2. The second-order valence-electron chi connectivity index (χ2n) is 6.17. The normalized spacial score (nSPS) is 13.1. The molecule has 1 aliphatic heterocycles. The van der Waals surface area contributed by atoms with Crippen LogP contribution < -0.4 is 5.73 Å². The number of hydrogen-bond donors (Lipinski definition) is 1. The van der Waals surface area contributed by atoms with Crippen molar-refractivity contribution in [2.45, 2.75) is 6.42 Å². The minimum atomic E-state index is -0.198. The van der Waals surface area contributed by atoms with Crippen LogP contribution in [0.5, 0.6) is 0 Å². The van der Waals surface area contributed by atoms with Crippen molar-refractivity contribution in [1.29, 1.82) is 0 Å². The number of imide groups is 1. The van der Waals surface area contributed by atoms with E-state index in [1.807, 2.05) is 18.2 Å². The summed E-state index contributed by atoms with van der Waals surface area (Å²) in [6, 6.07) is 17.3. The second kappa shape index (κ2) is 9.48. The highest BCUT2D eigenvalue weighted by Gasteiger charge is 2.34. The summed E-state index contributed by atoms with van der Waals surface area (Å²) in [6.07, 6.45) is 0.920. The first kappa shape index (κ1) is 20.1. The molecule has 0 atom stereocenters. The van der Waals surface area contributed by atoms with Gasteiger partial charge in [0.05, 0.1) is 11.1 Å². The van der Waals surface area contributed by atoms with Gasteiger partial charge in [0.2, 0.25) is 0 Å². The van der Waals surface area contributed by atoms with Gasteiger partial charge in [0, 0.05) is 32.7 Å². The van der Waals surface area contributed by atoms with E-state index in [1.54, 1.807) is 24.3 Å². The summed E-state index contributed by atoms with van der Waals surface area (Å²) in [4.78, 5) is 28.4. The fraction of sp³-hybridized carbons (Fsp3) is 0.300. The smallest absolute Gasteiger partial charge is 0.261 e. The summed E-state index contributed by atoms with van der Waals surface area (Å²) in [5, 5.41) is 0. The van der Waals surface area contributed by atoms with Crippen LogP contribution in [0.4, 0.5) is 0 Å². The summed E-state index contributed by atoms with van der Waals surface area (Å²) >= 11 is 0. The Balaban J connectivity index is 0.00000243. The van der Waals surface area contributed by atoms with Gasteiger partial charge in [0.15, 0.2) is 0 Å². The molecule has 5 nitrogen and oxygen atoms in total. The monoisotopic (exact) mass is 373 g/mol. The summed E-state index contributed by atoms with van der Waals surface area (Å²) in [6.45, 7) is 3.17. The molecule has 0 aromatic heterocycles. The number of nitrogens with two attached hydrogens (primary N) is 1. The Labute approximate surface area is 160 Å². The number of benzene rings is 2. The van der Waals surface area contributed by atoms with E-state index in [0.717, 1.165) is 19.5 Å². The fourth-order valence-electron chi connectivity index (χ4n) is 3.13. The molecule has 2 aromatic carbocycles. The Morgan fingerprint density at radius 3 is 1.96 bits per heavy atom. The number of rotatable bonds is 8. The van der Waals surface area contributed by atoms with Crippen molar-refractivity contribution < 1.29 is 9.59 Å². The average molecular weight is 374 g/mol. The van der Waals surface area contributed by atoms with Crippen molar-refractivity contribution in [2.24, 2.45) is 5.73 Å². The van der Waals surface area contributed by atoms with Gasteiger partial charge in [0.1, 0.15) is 0 Å². The maximum atomic E-state index is 12.4. The molecule has 0 radical (unpaired) electrons. The van der Waals surface area contributed by atoms with Gasteiger partial charge in [-0.1, -0.05) is 42.5 Å². The topological polar surface area (TPSA) is 66.6 Å². The van der Waals surface area contributed by atoms with Crippen LogP contribution in [-0.2, 0) is 6.42 Å². The van der Waals surface area contributed by atoms with Crippen LogP contribution in [0.25, 0.3) is 0 Å². The lowest BCUT2D eigenvalue weighted by Crippen LogP contribution is -2.40. The van der Waals surface area contributed by atoms with Crippen molar-refractivity contribution in [2.75, 3.05) is 32.7 Å². The van der Waals surface area contributed by atoms with Crippen LogP contribution in [0.3, 0.4) is 0 Å². The second-order valence-corrected chi connectivity index (χ2v) is 6.17. The fourth-order valence-corrected chi connectivity index (χ4v) is 3.13. The van der Waals surface area contributed by atoms with Crippen LogP contribution >= 0.6 is 12.4 Å². The maximum Gasteiger partial charge on any atom is 0.261 e. The molecule has 0 spiro atoms. The highest BCUT2D eigenvalue weighted by Crippen LogP contribution is 2.22. The van der Waals surface area contributed by atoms with Crippen molar-refractivity contribution in [3.05, 3.63) is 71.3 Å². The van der Waals surface area contributed by atoms with E-state index in [9.17, 15) is 9.59 Å². The van der Waals surface area contributed by atoms with Gasteiger partial charge >= 0.3 is 0 Å². The lowest BCUT2D eigenvalue weighted by atomic mass is 10.1. The lowest BCUT2D eigenvalue weighted by Gasteiger charge is -2.24. The molecule has 138 valence electrons. The molecule has 0 aliphatic carbocycles. The molecule has 0 saturated carbocycles. The van der Waals surface area contributed by atoms with Gasteiger partial charge in [-0.2, -0.15) is 0 Å². The van der Waals surface area contributed by atoms with E-state index >= 15 is 0 Å². The standard InChI is InChI=1S/C20H23N3O2.ClH/c21-11-13-22(12-10-16-6-2-1-3-7-16)14-15-23-19(24)17-8-4-5-9-18(17)20(23)25;/h1-9H,10-15,21H2;1H. The van der Waals surface area contributed by atoms with Crippen molar-refractivity contribution in [3.8, 4) is 0 Å². The van der Waals surface area contributed by atoms with Gasteiger partial charge in [-0.25, -0.2) is 0 Å². The third-order valence-corrected chi connectivity index (χ3v) is 4.52. The molecule has 0 saturated heterocycles. The lowest BCUT2D eigenvalue weighted by molar-refractivity contribution is 0.0637. The third kappa shape index (κ3) is 4.49. The van der Waals surface area contributed by atoms with Crippen LogP contribution in [0.2, 0.25) is 0 Å². The van der Waals surface area contributed by atoms with E-state index in [0.29, 0.717) is 30.8 Å². The molecule has 0 fully saturated rings. The zero-order chi connectivity index (χ0) is 17.6. The molecule has 2 amide bonds. The van der Waals surface area contributed by atoms with Crippen LogP contribution in [0.1, 0.15) is 26.3 Å². The largest absolute Gasteiger partial charge is 0.329 e. The predicted molar refractivity (Wildman–Crippen MR) is 105 cm³/mol. The van der Waals surface area contributed by atoms with Crippen molar-refractivity contribution in [1.82, 2.24) is 9.80 Å². The highest BCUT2D eigenvalue weighted by molar-refractivity contribution is 6.21. The Kier molecular flexibility index (Phi) is 7.33. The van der Waals surface area contributed by atoms with Gasteiger partial charge in [-0.15, -0.1) is 12.4 Å². The molecular formula is C20H24ClN3O2. The molecule has 0 unspecified atom stereocenters. The Hall–Kier alpha value is -2.21. The first-order valence-corrected chi connectivity index (χ1v) is 8.62. The highest BCUT2D eigenvalue weighted by atomic mass is 35.5. The number of carbonyl (C=O) groups excluding carboxylic acids is 2. The third-order valence-electron chi connectivity index (χ3n) is 4.52. The summed E-state index contributed by atoms with van der Waals surface area (Å²) in [5.74, 6) is -0.396. The predicted octanol–water partition coefficient (Wildman–Crippen LogP) is 2.21. The number of hydrogen-bond acceptors (Lipinski definition) is 4. The zero-order valence-corrected chi connectivity index (χ0v) is 15.5. The van der Waals surface area contributed by atoms with Crippen LogP contribution in [-0.4, -0.2) is 54.3 Å². The minimum Gasteiger partial charge on any atom is -0.329 e. The number of halogens is 1. The van der Waals surface area contributed by atoms with E-state index in [2.05, 4.69) is 17.0 Å². The number of nitrogens with zero attached hydrogens (tertiary/aromatic N) is 2. The Morgan fingerprint density at radius 1 is 0.808 bits per heavy atom. The van der Waals surface area contributed by atoms with Crippen LogP contribution in [0, 0.1) is 0 Å². The quantitative estimate of drug-likeness (QED) is 0.720. The van der Waals surface area contributed by atoms with E-state index in [-0.39, 0.29) is 24.2 Å². The number of fused-ring (bicyclic) bond motifs is 1. The molecule has 0 bridgehead atoms. The molecule has 1 aliphatic rings. The average Bonchev–Trinajstić information content (AvgIpc) is 2.89. The van der Waals surface area contributed by atoms with E-state index in [1.165, 1.54) is 10.5 Å². The molecular weight excluding hydrogens is 350 g/mol. The SMILES string of the molecule is Cl.NCCN(CCc1ccccc1)CCN1C(=O)c2ccccc2C1=O. The van der Waals surface area contributed by atoms with Gasteiger partial charge in [-0.05, 0) is 24.1 Å². The van der Waals surface area contributed by atoms with Crippen molar-refractivity contribution >= 4 is 24.2 Å². The minimum absolute atomic E-state index is 0. The summed E-state index contributed by atoms with van der Waals surface area (Å²) < 4.78 is 0. The molecule has 3 rings (SSSR count). The van der Waals surface area contributed by atoms with Gasteiger partial charge in [0.25, 0.3) is 11.8 Å². The zero-order valence-electron chi connectivity index (χ0n) is 14.6. The Morgan fingerprint density at radius 2 is 1.38 bits per heavy atom.